The number of aromatic nitrogens is 1. The average molecular weight is 268 g/mol. The zero-order valence-corrected chi connectivity index (χ0v) is 12.4. The van der Waals surface area contributed by atoms with Crippen LogP contribution in [0.5, 0.6) is 0 Å². The number of pyridine rings is 1. The van der Waals surface area contributed by atoms with Crippen LogP contribution < -0.4 is 5.32 Å². The summed E-state index contributed by atoms with van der Waals surface area (Å²) in [5.41, 5.74) is 3.60. The Bertz CT molecular complexity index is 592. The van der Waals surface area contributed by atoms with E-state index in [4.69, 9.17) is 0 Å². The van der Waals surface area contributed by atoms with Crippen molar-refractivity contribution in [1.29, 1.82) is 0 Å². The molecule has 1 aromatic carbocycles. The van der Waals surface area contributed by atoms with Crippen molar-refractivity contribution in [2.24, 2.45) is 0 Å². The molecule has 1 amide bonds. The van der Waals surface area contributed by atoms with Crippen molar-refractivity contribution < 1.29 is 4.79 Å². The molecule has 1 N–H and O–H groups in total. The molecule has 2 aromatic rings. The van der Waals surface area contributed by atoms with E-state index in [1.807, 2.05) is 43.3 Å². The van der Waals surface area contributed by atoms with Gasteiger partial charge >= 0.3 is 0 Å². The summed E-state index contributed by atoms with van der Waals surface area (Å²) in [6.45, 7) is 8.37. The maximum absolute atomic E-state index is 12.1. The number of carbonyl (C=O) groups excluding carboxylic acids is 1. The molecule has 1 aromatic heterocycles. The summed E-state index contributed by atoms with van der Waals surface area (Å²) in [4.78, 5) is 16.3. The molecule has 104 valence electrons. The molecule has 3 nitrogen and oxygen atoms in total. The van der Waals surface area contributed by atoms with Crippen molar-refractivity contribution in [1.82, 2.24) is 4.98 Å². The number of nitrogens with zero attached hydrogens (tertiary/aromatic N) is 1. The van der Waals surface area contributed by atoms with Crippen LogP contribution in [0, 0.1) is 6.92 Å². The molecule has 0 saturated carbocycles. The van der Waals surface area contributed by atoms with Crippen LogP contribution in [0.15, 0.2) is 42.6 Å². The molecule has 0 unspecified atom stereocenters. The van der Waals surface area contributed by atoms with Gasteiger partial charge in [0, 0.05) is 11.3 Å². The lowest BCUT2D eigenvalue weighted by Crippen LogP contribution is -2.14. The first-order chi connectivity index (χ1) is 9.36. The topological polar surface area (TPSA) is 42.0 Å². The van der Waals surface area contributed by atoms with Crippen molar-refractivity contribution in [3.05, 3.63) is 59.4 Å². The predicted octanol–water partition coefficient (Wildman–Crippen LogP) is 3.94. The highest BCUT2D eigenvalue weighted by Gasteiger charge is 2.14. The van der Waals surface area contributed by atoms with E-state index in [1.54, 1.807) is 6.20 Å². The number of nitrogens with one attached hydrogen (secondary N) is 1. The lowest BCUT2D eigenvalue weighted by atomic mass is 9.87. The van der Waals surface area contributed by atoms with E-state index < -0.39 is 0 Å². The standard InChI is InChI=1S/C17H20N2O/c1-12-5-10-15(11-18-12)19-16(20)13-6-8-14(9-7-13)17(2,3)4/h5-11H,1-4H3,(H,19,20). The van der Waals surface area contributed by atoms with Crippen LogP contribution >= 0.6 is 0 Å². The van der Waals surface area contributed by atoms with Crippen molar-refractivity contribution in [2.45, 2.75) is 33.1 Å². The Labute approximate surface area is 120 Å². The molecule has 20 heavy (non-hydrogen) atoms. The van der Waals surface area contributed by atoms with Gasteiger partial charge in [0.1, 0.15) is 0 Å². The summed E-state index contributed by atoms with van der Waals surface area (Å²) in [7, 11) is 0. The van der Waals surface area contributed by atoms with Gasteiger partial charge < -0.3 is 5.32 Å². The molecule has 2 rings (SSSR count). The van der Waals surface area contributed by atoms with Crippen LogP contribution in [-0.4, -0.2) is 10.9 Å². The summed E-state index contributed by atoms with van der Waals surface area (Å²) in [5, 5.41) is 2.84. The monoisotopic (exact) mass is 268 g/mol. The van der Waals surface area contributed by atoms with Gasteiger partial charge in [-0.1, -0.05) is 32.9 Å². The zero-order chi connectivity index (χ0) is 14.8. The van der Waals surface area contributed by atoms with Crippen LogP contribution in [-0.2, 0) is 5.41 Å². The quantitative estimate of drug-likeness (QED) is 0.896. The third kappa shape index (κ3) is 3.44. The van der Waals surface area contributed by atoms with Crippen LogP contribution in [0.1, 0.15) is 42.4 Å². The summed E-state index contributed by atoms with van der Waals surface area (Å²) in [5.74, 6) is -0.115. The number of anilines is 1. The van der Waals surface area contributed by atoms with Gasteiger partial charge in [0.25, 0.3) is 5.91 Å². The first-order valence-corrected chi connectivity index (χ1v) is 6.71. The largest absolute Gasteiger partial charge is 0.321 e. The van der Waals surface area contributed by atoms with Crippen molar-refractivity contribution >= 4 is 11.6 Å². The Kier molecular flexibility index (Phi) is 3.89. The lowest BCUT2D eigenvalue weighted by Gasteiger charge is -2.19. The highest BCUT2D eigenvalue weighted by atomic mass is 16.1. The molecular weight excluding hydrogens is 248 g/mol. The van der Waals surface area contributed by atoms with E-state index >= 15 is 0 Å². The molecule has 0 atom stereocenters. The van der Waals surface area contributed by atoms with Crippen LogP contribution in [0.25, 0.3) is 0 Å². The Morgan fingerprint density at radius 3 is 2.20 bits per heavy atom. The second kappa shape index (κ2) is 5.45. The summed E-state index contributed by atoms with van der Waals surface area (Å²) >= 11 is 0. The maximum Gasteiger partial charge on any atom is 0.255 e. The number of amides is 1. The minimum atomic E-state index is -0.115. The van der Waals surface area contributed by atoms with E-state index in [-0.39, 0.29) is 11.3 Å². The van der Waals surface area contributed by atoms with Crippen molar-refractivity contribution in [3.8, 4) is 0 Å². The van der Waals surface area contributed by atoms with Gasteiger partial charge in [-0.05, 0) is 42.2 Å². The number of benzene rings is 1. The van der Waals surface area contributed by atoms with E-state index in [2.05, 4.69) is 31.1 Å². The molecule has 0 spiro atoms. The minimum Gasteiger partial charge on any atom is -0.321 e. The number of aryl methyl sites for hydroxylation is 1. The summed E-state index contributed by atoms with van der Waals surface area (Å²) < 4.78 is 0. The zero-order valence-electron chi connectivity index (χ0n) is 12.4. The van der Waals surface area contributed by atoms with Gasteiger partial charge in [0.15, 0.2) is 0 Å². The van der Waals surface area contributed by atoms with Crippen LogP contribution in [0.4, 0.5) is 5.69 Å². The van der Waals surface area contributed by atoms with E-state index in [0.717, 1.165) is 5.69 Å². The van der Waals surface area contributed by atoms with Gasteiger partial charge in [-0.15, -0.1) is 0 Å². The third-order valence-corrected chi connectivity index (χ3v) is 3.18. The maximum atomic E-state index is 12.1. The third-order valence-electron chi connectivity index (χ3n) is 3.18. The first-order valence-electron chi connectivity index (χ1n) is 6.71. The van der Waals surface area contributed by atoms with Gasteiger partial charge in [-0.25, -0.2) is 0 Å². The average Bonchev–Trinajstić information content (AvgIpc) is 2.40. The normalized spacial score (nSPS) is 11.2. The molecule has 0 aliphatic carbocycles. The molecule has 1 heterocycles. The Hall–Kier alpha value is -2.16. The minimum absolute atomic E-state index is 0.0931. The van der Waals surface area contributed by atoms with Gasteiger partial charge in [-0.3, -0.25) is 9.78 Å². The SMILES string of the molecule is Cc1ccc(NC(=O)c2ccc(C(C)(C)C)cc2)cn1. The first kappa shape index (κ1) is 14.3. The fraction of sp³-hybridized carbons (Fsp3) is 0.294. The molecule has 0 aliphatic rings. The van der Waals surface area contributed by atoms with Crippen molar-refractivity contribution in [3.63, 3.8) is 0 Å². The van der Waals surface area contributed by atoms with Crippen LogP contribution in [0.2, 0.25) is 0 Å². The molecule has 0 saturated heterocycles. The highest BCUT2D eigenvalue weighted by molar-refractivity contribution is 6.04. The van der Waals surface area contributed by atoms with E-state index in [9.17, 15) is 4.79 Å². The molecular formula is C17H20N2O. The summed E-state index contributed by atoms with van der Waals surface area (Å²) in [6.07, 6.45) is 1.66. The molecule has 0 aliphatic heterocycles. The molecule has 3 heteroatoms. The Balaban J connectivity index is 2.11. The second-order valence-electron chi connectivity index (χ2n) is 5.97. The lowest BCUT2D eigenvalue weighted by molar-refractivity contribution is 0.102. The van der Waals surface area contributed by atoms with Gasteiger partial charge in [-0.2, -0.15) is 0 Å². The number of carbonyl (C=O) groups is 1. The molecule has 0 fully saturated rings. The predicted molar refractivity (Wildman–Crippen MR) is 82.1 cm³/mol. The number of hydrogen-bond donors (Lipinski definition) is 1. The van der Waals surface area contributed by atoms with E-state index in [0.29, 0.717) is 11.3 Å². The highest BCUT2D eigenvalue weighted by Crippen LogP contribution is 2.22. The molecule has 0 bridgehead atoms. The second-order valence-corrected chi connectivity index (χ2v) is 5.97. The fourth-order valence-electron chi connectivity index (χ4n) is 1.87. The Morgan fingerprint density at radius 2 is 1.70 bits per heavy atom. The summed E-state index contributed by atoms with van der Waals surface area (Å²) in [6, 6.07) is 11.4. The Morgan fingerprint density at radius 1 is 1.05 bits per heavy atom. The van der Waals surface area contributed by atoms with Gasteiger partial charge in [0.2, 0.25) is 0 Å². The molecule has 0 radical (unpaired) electrons. The van der Waals surface area contributed by atoms with Crippen LogP contribution in [0.3, 0.4) is 0 Å². The fourth-order valence-corrected chi connectivity index (χ4v) is 1.87. The van der Waals surface area contributed by atoms with Gasteiger partial charge in [0.05, 0.1) is 11.9 Å². The smallest absolute Gasteiger partial charge is 0.255 e. The van der Waals surface area contributed by atoms with Crippen molar-refractivity contribution in [2.75, 3.05) is 5.32 Å². The number of rotatable bonds is 2. The van der Waals surface area contributed by atoms with E-state index in [1.165, 1.54) is 5.56 Å². The number of hydrogen-bond acceptors (Lipinski definition) is 2.